The molecule has 0 saturated carbocycles. The first-order chi connectivity index (χ1) is 24.3. The minimum absolute atomic E-state index is 0.853. The van der Waals surface area contributed by atoms with Gasteiger partial charge in [0.1, 0.15) is 16.7 Å². The Hall–Kier alpha value is -6.58. The van der Waals surface area contributed by atoms with Crippen molar-refractivity contribution in [2.75, 3.05) is 0 Å². The van der Waals surface area contributed by atoms with Gasteiger partial charge in [0.25, 0.3) is 0 Å². The molecule has 0 aliphatic rings. The van der Waals surface area contributed by atoms with E-state index in [0.29, 0.717) is 0 Å². The van der Waals surface area contributed by atoms with Gasteiger partial charge in [-0.3, -0.25) is 0 Å². The zero-order chi connectivity index (χ0) is 32.1. The first kappa shape index (κ1) is 26.5. The van der Waals surface area contributed by atoms with E-state index in [1.807, 2.05) is 12.1 Å². The molecular formula is C46H27NO2. The Labute approximate surface area is 280 Å². The summed E-state index contributed by atoms with van der Waals surface area (Å²) in [5, 5.41) is 10.4. The highest BCUT2D eigenvalue weighted by Crippen LogP contribution is 2.49. The number of rotatable bonds is 3. The van der Waals surface area contributed by atoms with Crippen molar-refractivity contribution in [1.29, 1.82) is 0 Å². The lowest BCUT2D eigenvalue weighted by Crippen LogP contribution is -1.93. The van der Waals surface area contributed by atoms with Crippen LogP contribution in [-0.2, 0) is 0 Å². The van der Waals surface area contributed by atoms with Gasteiger partial charge in [0.2, 0.25) is 0 Å². The first-order valence-electron chi connectivity index (χ1n) is 16.7. The van der Waals surface area contributed by atoms with E-state index < -0.39 is 0 Å². The van der Waals surface area contributed by atoms with Crippen LogP contribution in [-0.4, -0.2) is 4.57 Å². The van der Waals surface area contributed by atoms with Crippen LogP contribution in [0.3, 0.4) is 0 Å². The molecule has 0 fully saturated rings. The Morgan fingerprint density at radius 1 is 0.367 bits per heavy atom. The Kier molecular flexibility index (Phi) is 5.38. The lowest BCUT2D eigenvalue weighted by molar-refractivity contribution is 0.616. The van der Waals surface area contributed by atoms with Crippen LogP contribution in [0.4, 0.5) is 0 Å². The second-order valence-electron chi connectivity index (χ2n) is 12.8. The summed E-state index contributed by atoms with van der Waals surface area (Å²) < 4.78 is 15.2. The van der Waals surface area contributed by atoms with E-state index in [-0.39, 0.29) is 0 Å². The number of furan rings is 2. The molecule has 0 saturated heterocycles. The average Bonchev–Trinajstić information content (AvgIpc) is 3.87. The highest BCUT2D eigenvalue weighted by atomic mass is 16.3. The smallest absolute Gasteiger partial charge is 0.144 e. The van der Waals surface area contributed by atoms with Crippen molar-refractivity contribution in [3.63, 3.8) is 0 Å². The third kappa shape index (κ3) is 3.67. The van der Waals surface area contributed by atoms with Gasteiger partial charge in [0.05, 0.1) is 17.3 Å². The van der Waals surface area contributed by atoms with Gasteiger partial charge in [-0.1, -0.05) is 109 Å². The van der Waals surface area contributed by atoms with E-state index in [1.54, 1.807) is 6.26 Å². The largest absolute Gasteiger partial charge is 0.464 e. The number of nitrogens with zero attached hydrogens (tertiary/aromatic N) is 1. The molecule has 11 rings (SSSR count). The number of hydrogen-bond acceptors (Lipinski definition) is 2. The minimum Gasteiger partial charge on any atom is -0.464 e. The van der Waals surface area contributed by atoms with Crippen molar-refractivity contribution in [3.8, 4) is 27.9 Å². The van der Waals surface area contributed by atoms with E-state index in [1.165, 1.54) is 54.5 Å². The molecule has 0 unspecified atom stereocenters. The second kappa shape index (κ2) is 9.96. The standard InChI is InChI=1S/C46H27NO2/c1-2-12-29(13-3-1)47-39-20-10-8-14-30(39)37-26-28(22-23-40(37)47)43-32-16-4-6-18-34(32)44(35-19-7-5-17-33(35)43)45-36-24-25-48-42(36)27-38-31-15-9-11-21-41(31)49-46(38)45/h1-27H. The third-order valence-electron chi connectivity index (χ3n) is 10.3. The van der Waals surface area contributed by atoms with Gasteiger partial charge in [-0.05, 0) is 81.2 Å². The van der Waals surface area contributed by atoms with Crippen molar-refractivity contribution in [2.24, 2.45) is 0 Å². The van der Waals surface area contributed by atoms with Gasteiger partial charge in [-0.2, -0.15) is 0 Å². The summed E-state index contributed by atoms with van der Waals surface area (Å²) in [6.45, 7) is 0. The minimum atomic E-state index is 0.853. The van der Waals surface area contributed by atoms with E-state index >= 15 is 0 Å². The Morgan fingerprint density at radius 3 is 1.73 bits per heavy atom. The van der Waals surface area contributed by atoms with Gasteiger partial charge >= 0.3 is 0 Å². The molecular weight excluding hydrogens is 599 g/mol. The van der Waals surface area contributed by atoms with Crippen LogP contribution in [0, 0.1) is 0 Å². The summed E-state index contributed by atoms with van der Waals surface area (Å²) in [5.74, 6) is 0. The van der Waals surface area contributed by atoms with E-state index in [0.717, 1.165) is 49.7 Å². The van der Waals surface area contributed by atoms with Crippen LogP contribution in [0.15, 0.2) is 173 Å². The fourth-order valence-electron chi connectivity index (χ4n) is 8.23. The lowest BCUT2D eigenvalue weighted by Gasteiger charge is -2.18. The average molecular weight is 626 g/mol. The third-order valence-corrected chi connectivity index (χ3v) is 10.3. The van der Waals surface area contributed by atoms with Crippen molar-refractivity contribution in [1.82, 2.24) is 4.57 Å². The molecule has 0 spiro atoms. The molecule has 0 radical (unpaired) electrons. The zero-order valence-corrected chi connectivity index (χ0v) is 26.4. The van der Waals surface area contributed by atoms with Crippen molar-refractivity contribution < 1.29 is 8.83 Å². The molecule has 0 bridgehead atoms. The van der Waals surface area contributed by atoms with Crippen LogP contribution in [0.2, 0.25) is 0 Å². The molecule has 8 aromatic carbocycles. The molecule has 0 aliphatic carbocycles. The highest BCUT2D eigenvalue weighted by molar-refractivity contribution is 6.28. The van der Waals surface area contributed by atoms with E-state index in [2.05, 4.69) is 150 Å². The van der Waals surface area contributed by atoms with Gasteiger partial charge < -0.3 is 13.4 Å². The predicted octanol–water partition coefficient (Wildman–Crippen LogP) is 13.1. The number of aromatic nitrogens is 1. The maximum Gasteiger partial charge on any atom is 0.144 e. The molecule has 3 heterocycles. The number of hydrogen-bond donors (Lipinski definition) is 0. The molecule has 0 aliphatic heterocycles. The van der Waals surface area contributed by atoms with Crippen molar-refractivity contribution in [2.45, 2.75) is 0 Å². The summed E-state index contributed by atoms with van der Waals surface area (Å²) in [7, 11) is 0. The Bertz CT molecular complexity index is 3050. The van der Waals surface area contributed by atoms with Crippen LogP contribution < -0.4 is 0 Å². The molecule has 3 heteroatoms. The summed E-state index contributed by atoms with van der Waals surface area (Å²) in [5.41, 5.74) is 10.8. The highest BCUT2D eigenvalue weighted by Gasteiger charge is 2.24. The summed E-state index contributed by atoms with van der Waals surface area (Å²) in [6.07, 6.45) is 1.79. The fraction of sp³-hybridized carbons (Fsp3) is 0. The van der Waals surface area contributed by atoms with Crippen molar-refractivity contribution >= 4 is 76.3 Å². The van der Waals surface area contributed by atoms with Crippen LogP contribution in [0.1, 0.15) is 0 Å². The van der Waals surface area contributed by atoms with E-state index in [4.69, 9.17) is 8.83 Å². The van der Waals surface area contributed by atoms with Gasteiger partial charge in [0.15, 0.2) is 0 Å². The molecule has 0 N–H and O–H groups in total. The van der Waals surface area contributed by atoms with Gasteiger partial charge in [0, 0.05) is 43.7 Å². The topological polar surface area (TPSA) is 31.2 Å². The summed E-state index contributed by atoms with van der Waals surface area (Å²) in [4.78, 5) is 0. The molecule has 3 nitrogen and oxygen atoms in total. The molecule has 0 amide bonds. The Morgan fingerprint density at radius 2 is 0.980 bits per heavy atom. The van der Waals surface area contributed by atoms with Crippen LogP contribution >= 0.6 is 0 Å². The monoisotopic (exact) mass is 625 g/mol. The van der Waals surface area contributed by atoms with Crippen LogP contribution in [0.5, 0.6) is 0 Å². The number of fused-ring (bicyclic) bond motifs is 9. The predicted molar refractivity (Wildman–Crippen MR) is 204 cm³/mol. The Balaban J connectivity index is 1.26. The van der Waals surface area contributed by atoms with Gasteiger partial charge in [-0.25, -0.2) is 0 Å². The first-order valence-corrected chi connectivity index (χ1v) is 16.7. The fourth-order valence-corrected chi connectivity index (χ4v) is 8.23. The molecule has 3 aromatic heterocycles. The molecule has 11 aromatic rings. The normalized spacial score (nSPS) is 12.1. The van der Waals surface area contributed by atoms with E-state index in [9.17, 15) is 0 Å². The quantitative estimate of drug-likeness (QED) is 0.183. The lowest BCUT2D eigenvalue weighted by atomic mass is 9.84. The molecule has 0 atom stereocenters. The summed E-state index contributed by atoms with van der Waals surface area (Å²) >= 11 is 0. The number of para-hydroxylation sites is 3. The maximum absolute atomic E-state index is 6.71. The molecule has 228 valence electrons. The zero-order valence-electron chi connectivity index (χ0n) is 26.4. The van der Waals surface area contributed by atoms with Crippen molar-refractivity contribution in [3.05, 3.63) is 164 Å². The van der Waals surface area contributed by atoms with Gasteiger partial charge in [-0.15, -0.1) is 0 Å². The second-order valence-corrected chi connectivity index (χ2v) is 12.8. The van der Waals surface area contributed by atoms with Crippen LogP contribution in [0.25, 0.3) is 104 Å². The SMILES string of the molecule is c1ccc(-n2c3ccccc3c3cc(-c4c5ccccc5c(-c5c6ccoc6cc6c5oc5ccccc56)c5ccccc45)ccc32)cc1. The summed E-state index contributed by atoms with van der Waals surface area (Å²) in [6, 6.07) is 56.5. The molecule has 49 heavy (non-hydrogen) atoms. The number of benzene rings is 8. The maximum atomic E-state index is 6.71.